The molecule has 0 radical (unpaired) electrons. The standard InChI is InChI=1S/C21H30O6/c1-6-25-18(22)21(19(23)26-7-2)12-15(3)20(4,13-21)14-27-17-10-8-16(24-5)9-11-17/h8-11,15H,6-7,12-14H2,1-5H3. The molecule has 2 atom stereocenters. The lowest BCUT2D eigenvalue weighted by molar-refractivity contribution is -0.172. The maximum absolute atomic E-state index is 12.7. The SMILES string of the molecule is CCOC(=O)C1(C(=O)OCC)CC(C)C(C)(COc2ccc(OC)cc2)C1. The zero-order valence-electron chi connectivity index (χ0n) is 16.9. The number of carbonyl (C=O) groups is 2. The average Bonchev–Trinajstić information content (AvgIpc) is 2.94. The predicted molar refractivity (Wildman–Crippen MR) is 101 cm³/mol. The van der Waals surface area contributed by atoms with Crippen molar-refractivity contribution in [2.75, 3.05) is 26.9 Å². The van der Waals surface area contributed by atoms with Crippen molar-refractivity contribution < 1.29 is 28.5 Å². The third-order valence-electron chi connectivity index (χ3n) is 5.51. The quantitative estimate of drug-likeness (QED) is 0.508. The minimum absolute atomic E-state index is 0.0876. The number of esters is 2. The fourth-order valence-electron chi connectivity index (χ4n) is 3.75. The normalized spacial score (nSPS) is 23.5. The van der Waals surface area contributed by atoms with Crippen LogP contribution in [-0.4, -0.2) is 38.9 Å². The van der Waals surface area contributed by atoms with Gasteiger partial charge in [0.2, 0.25) is 0 Å². The molecule has 0 N–H and O–H groups in total. The number of benzene rings is 1. The van der Waals surface area contributed by atoms with E-state index in [2.05, 4.69) is 0 Å². The number of methoxy groups -OCH3 is 1. The summed E-state index contributed by atoms with van der Waals surface area (Å²) in [6, 6.07) is 7.34. The van der Waals surface area contributed by atoms with Crippen LogP contribution in [0.1, 0.15) is 40.5 Å². The van der Waals surface area contributed by atoms with Crippen molar-refractivity contribution in [1.29, 1.82) is 0 Å². The van der Waals surface area contributed by atoms with Gasteiger partial charge in [0, 0.05) is 5.41 Å². The summed E-state index contributed by atoms with van der Waals surface area (Å²) >= 11 is 0. The van der Waals surface area contributed by atoms with Crippen LogP contribution in [0.4, 0.5) is 0 Å². The van der Waals surface area contributed by atoms with Crippen molar-refractivity contribution >= 4 is 11.9 Å². The molecule has 6 heteroatoms. The molecule has 2 unspecified atom stereocenters. The van der Waals surface area contributed by atoms with Crippen LogP contribution in [0, 0.1) is 16.7 Å². The largest absolute Gasteiger partial charge is 0.497 e. The molecule has 1 saturated carbocycles. The first-order valence-electron chi connectivity index (χ1n) is 9.42. The molecule has 1 aliphatic rings. The fraction of sp³-hybridized carbons (Fsp3) is 0.619. The Morgan fingerprint density at radius 2 is 1.56 bits per heavy atom. The maximum atomic E-state index is 12.7. The second-order valence-corrected chi connectivity index (χ2v) is 7.42. The highest BCUT2D eigenvalue weighted by Crippen LogP contribution is 2.54. The van der Waals surface area contributed by atoms with Crippen molar-refractivity contribution in [3.05, 3.63) is 24.3 Å². The Bertz CT molecular complexity index is 635. The first-order chi connectivity index (χ1) is 12.8. The second kappa shape index (κ2) is 8.63. The lowest BCUT2D eigenvalue weighted by Crippen LogP contribution is -2.41. The van der Waals surface area contributed by atoms with E-state index >= 15 is 0 Å². The monoisotopic (exact) mass is 378 g/mol. The highest BCUT2D eigenvalue weighted by molar-refractivity contribution is 6.00. The van der Waals surface area contributed by atoms with Crippen molar-refractivity contribution in [3.63, 3.8) is 0 Å². The van der Waals surface area contributed by atoms with Crippen LogP contribution in [0.15, 0.2) is 24.3 Å². The molecule has 1 aromatic rings. The Kier molecular flexibility index (Phi) is 6.73. The van der Waals surface area contributed by atoms with E-state index in [1.807, 2.05) is 38.1 Å². The number of carbonyl (C=O) groups excluding carboxylic acids is 2. The summed E-state index contributed by atoms with van der Waals surface area (Å²) in [5.74, 6) is 0.567. The summed E-state index contributed by atoms with van der Waals surface area (Å²) < 4.78 is 21.6. The molecule has 0 amide bonds. The van der Waals surface area contributed by atoms with Gasteiger partial charge in [-0.1, -0.05) is 13.8 Å². The first kappa shape index (κ1) is 21.1. The molecule has 2 rings (SSSR count). The van der Waals surface area contributed by atoms with E-state index in [1.54, 1.807) is 21.0 Å². The topological polar surface area (TPSA) is 71.1 Å². The van der Waals surface area contributed by atoms with Gasteiger partial charge in [-0.15, -0.1) is 0 Å². The predicted octanol–water partition coefficient (Wildman–Crippen LogP) is 3.62. The third-order valence-corrected chi connectivity index (χ3v) is 5.51. The van der Waals surface area contributed by atoms with Gasteiger partial charge >= 0.3 is 11.9 Å². The van der Waals surface area contributed by atoms with Crippen LogP contribution in [0.5, 0.6) is 11.5 Å². The molecule has 0 heterocycles. The number of hydrogen-bond donors (Lipinski definition) is 0. The minimum atomic E-state index is -1.26. The highest BCUT2D eigenvalue weighted by atomic mass is 16.6. The molecule has 27 heavy (non-hydrogen) atoms. The van der Waals surface area contributed by atoms with Gasteiger partial charge < -0.3 is 18.9 Å². The molecule has 1 fully saturated rings. The van der Waals surface area contributed by atoms with Crippen LogP contribution in [0.3, 0.4) is 0 Å². The van der Waals surface area contributed by atoms with Crippen molar-refractivity contribution in [2.24, 2.45) is 16.7 Å². The third kappa shape index (κ3) is 4.37. The smallest absolute Gasteiger partial charge is 0.323 e. The molecule has 0 aromatic heterocycles. The molecule has 0 saturated heterocycles. The average molecular weight is 378 g/mol. The Morgan fingerprint density at radius 1 is 1.04 bits per heavy atom. The van der Waals surface area contributed by atoms with E-state index in [-0.39, 0.29) is 24.5 Å². The number of hydrogen-bond acceptors (Lipinski definition) is 6. The first-order valence-corrected chi connectivity index (χ1v) is 9.42. The summed E-state index contributed by atoms with van der Waals surface area (Å²) in [6.07, 6.45) is 0.738. The van der Waals surface area contributed by atoms with E-state index in [1.165, 1.54) is 0 Å². The van der Waals surface area contributed by atoms with Gasteiger partial charge in [0.25, 0.3) is 0 Å². The van der Waals surface area contributed by atoms with Crippen LogP contribution in [0.25, 0.3) is 0 Å². The van der Waals surface area contributed by atoms with Gasteiger partial charge in [0.1, 0.15) is 11.5 Å². The lowest BCUT2D eigenvalue weighted by Gasteiger charge is -2.30. The zero-order valence-corrected chi connectivity index (χ0v) is 16.9. The van der Waals surface area contributed by atoms with Gasteiger partial charge in [0.15, 0.2) is 5.41 Å². The van der Waals surface area contributed by atoms with E-state index in [0.29, 0.717) is 25.2 Å². The van der Waals surface area contributed by atoms with Crippen LogP contribution >= 0.6 is 0 Å². The van der Waals surface area contributed by atoms with Gasteiger partial charge in [-0.2, -0.15) is 0 Å². The van der Waals surface area contributed by atoms with Gasteiger partial charge in [0.05, 0.1) is 26.9 Å². The van der Waals surface area contributed by atoms with Gasteiger partial charge in [-0.25, -0.2) is 0 Å². The van der Waals surface area contributed by atoms with Gasteiger partial charge in [-0.05, 0) is 56.9 Å². The van der Waals surface area contributed by atoms with Crippen molar-refractivity contribution in [3.8, 4) is 11.5 Å². The molecule has 0 bridgehead atoms. The minimum Gasteiger partial charge on any atom is -0.497 e. The molecule has 1 aromatic carbocycles. The number of ether oxygens (including phenoxy) is 4. The van der Waals surface area contributed by atoms with Crippen LogP contribution < -0.4 is 9.47 Å². The van der Waals surface area contributed by atoms with E-state index in [4.69, 9.17) is 18.9 Å². The van der Waals surface area contributed by atoms with Crippen LogP contribution in [-0.2, 0) is 19.1 Å². The Hall–Kier alpha value is -2.24. The summed E-state index contributed by atoms with van der Waals surface area (Å²) in [7, 11) is 1.61. The highest BCUT2D eigenvalue weighted by Gasteiger charge is 2.60. The molecule has 0 aliphatic heterocycles. The molecule has 150 valence electrons. The lowest BCUT2D eigenvalue weighted by atomic mass is 9.79. The van der Waals surface area contributed by atoms with E-state index < -0.39 is 17.4 Å². The summed E-state index contributed by atoms with van der Waals surface area (Å²) in [5, 5.41) is 0. The molecule has 6 nitrogen and oxygen atoms in total. The summed E-state index contributed by atoms with van der Waals surface area (Å²) in [6.45, 7) is 8.41. The molecular formula is C21H30O6. The summed E-state index contributed by atoms with van der Waals surface area (Å²) in [5.41, 5.74) is -1.62. The van der Waals surface area contributed by atoms with E-state index in [0.717, 1.165) is 5.75 Å². The Labute approximate surface area is 161 Å². The summed E-state index contributed by atoms with van der Waals surface area (Å²) in [4.78, 5) is 25.4. The van der Waals surface area contributed by atoms with Crippen molar-refractivity contribution in [2.45, 2.75) is 40.5 Å². The number of rotatable bonds is 8. The molecular weight excluding hydrogens is 348 g/mol. The molecule has 1 aliphatic carbocycles. The van der Waals surface area contributed by atoms with Crippen LogP contribution in [0.2, 0.25) is 0 Å². The second-order valence-electron chi connectivity index (χ2n) is 7.42. The Balaban J connectivity index is 2.18. The molecule has 0 spiro atoms. The van der Waals surface area contributed by atoms with Crippen molar-refractivity contribution in [1.82, 2.24) is 0 Å². The zero-order chi connectivity index (χ0) is 20.1. The van der Waals surface area contributed by atoms with Gasteiger partial charge in [-0.3, -0.25) is 9.59 Å². The Morgan fingerprint density at radius 3 is 2.04 bits per heavy atom. The fourth-order valence-corrected chi connectivity index (χ4v) is 3.75. The van der Waals surface area contributed by atoms with E-state index in [9.17, 15) is 9.59 Å². The maximum Gasteiger partial charge on any atom is 0.323 e.